The van der Waals surface area contributed by atoms with E-state index in [2.05, 4.69) is 21.6 Å². The fraction of sp³-hybridized carbons (Fsp3) is 0.353. The van der Waals surface area contributed by atoms with Gasteiger partial charge in [0.25, 0.3) is 0 Å². The molecular formula is C17H19N5OS. The Bertz CT molecular complexity index is 821. The van der Waals surface area contributed by atoms with Crippen LogP contribution in [0.25, 0.3) is 0 Å². The van der Waals surface area contributed by atoms with Crippen LogP contribution < -0.4 is 0 Å². The SMILES string of the molecule is CC1c2ncc(Cn3cccn3)n2CCN1C(=O)Cc1ccsc1. The van der Waals surface area contributed by atoms with Crippen molar-refractivity contribution < 1.29 is 4.79 Å². The molecular weight excluding hydrogens is 322 g/mol. The van der Waals surface area contributed by atoms with Crippen molar-refractivity contribution in [3.8, 4) is 0 Å². The number of aromatic nitrogens is 4. The summed E-state index contributed by atoms with van der Waals surface area (Å²) in [6, 6.07) is 3.93. The fourth-order valence-electron chi connectivity index (χ4n) is 3.26. The first kappa shape index (κ1) is 15.1. The largest absolute Gasteiger partial charge is 0.331 e. The van der Waals surface area contributed by atoms with Crippen molar-refractivity contribution in [2.24, 2.45) is 0 Å². The molecule has 4 rings (SSSR count). The first-order valence-electron chi connectivity index (χ1n) is 8.04. The Labute approximate surface area is 144 Å². The number of hydrogen-bond donors (Lipinski definition) is 0. The Morgan fingerprint density at radius 1 is 1.42 bits per heavy atom. The van der Waals surface area contributed by atoms with Crippen LogP contribution in [-0.2, 0) is 24.3 Å². The number of rotatable bonds is 4. The van der Waals surface area contributed by atoms with E-state index in [-0.39, 0.29) is 11.9 Å². The minimum atomic E-state index is -0.00347. The smallest absolute Gasteiger partial charge is 0.227 e. The molecule has 0 bridgehead atoms. The van der Waals surface area contributed by atoms with E-state index < -0.39 is 0 Å². The topological polar surface area (TPSA) is 56.0 Å². The van der Waals surface area contributed by atoms with Crippen LogP contribution in [0.5, 0.6) is 0 Å². The van der Waals surface area contributed by atoms with Gasteiger partial charge in [0.2, 0.25) is 5.91 Å². The van der Waals surface area contributed by atoms with E-state index in [0.717, 1.165) is 30.2 Å². The molecule has 0 spiro atoms. The van der Waals surface area contributed by atoms with E-state index >= 15 is 0 Å². The minimum Gasteiger partial charge on any atom is -0.331 e. The van der Waals surface area contributed by atoms with Gasteiger partial charge in [0.1, 0.15) is 5.82 Å². The molecule has 1 aliphatic heterocycles. The molecule has 3 aromatic rings. The lowest BCUT2D eigenvalue weighted by Gasteiger charge is -2.34. The lowest BCUT2D eigenvalue weighted by atomic mass is 10.1. The molecule has 0 N–H and O–H groups in total. The molecule has 0 aromatic carbocycles. The van der Waals surface area contributed by atoms with Crippen LogP contribution in [0.15, 0.2) is 41.5 Å². The summed E-state index contributed by atoms with van der Waals surface area (Å²) >= 11 is 1.63. The molecule has 1 unspecified atom stereocenters. The average molecular weight is 341 g/mol. The molecule has 24 heavy (non-hydrogen) atoms. The quantitative estimate of drug-likeness (QED) is 0.732. The highest BCUT2D eigenvalue weighted by atomic mass is 32.1. The number of thiophene rings is 1. The molecule has 1 atom stereocenters. The van der Waals surface area contributed by atoms with Crippen LogP contribution in [0.2, 0.25) is 0 Å². The zero-order valence-electron chi connectivity index (χ0n) is 13.5. The Hall–Kier alpha value is -2.41. The summed E-state index contributed by atoms with van der Waals surface area (Å²) in [5, 5.41) is 8.30. The molecule has 3 aromatic heterocycles. The van der Waals surface area contributed by atoms with Crippen molar-refractivity contribution >= 4 is 17.2 Å². The van der Waals surface area contributed by atoms with Crippen molar-refractivity contribution in [2.45, 2.75) is 32.5 Å². The molecule has 0 aliphatic carbocycles. The van der Waals surface area contributed by atoms with Gasteiger partial charge in [0, 0.05) is 25.5 Å². The minimum absolute atomic E-state index is 0.00347. The highest BCUT2D eigenvalue weighted by molar-refractivity contribution is 7.08. The van der Waals surface area contributed by atoms with E-state index in [0.29, 0.717) is 13.0 Å². The molecule has 0 saturated heterocycles. The van der Waals surface area contributed by atoms with Gasteiger partial charge in [0.15, 0.2) is 0 Å². The number of hydrogen-bond acceptors (Lipinski definition) is 4. The maximum absolute atomic E-state index is 12.6. The summed E-state index contributed by atoms with van der Waals surface area (Å²) in [5.74, 6) is 1.13. The molecule has 6 nitrogen and oxygen atoms in total. The molecule has 0 fully saturated rings. The van der Waals surface area contributed by atoms with E-state index in [1.54, 1.807) is 17.5 Å². The van der Waals surface area contributed by atoms with Gasteiger partial charge < -0.3 is 9.47 Å². The van der Waals surface area contributed by atoms with Gasteiger partial charge in [-0.25, -0.2) is 4.98 Å². The second kappa shape index (κ2) is 6.24. The summed E-state index contributed by atoms with van der Waals surface area (Å²) in [4.78, 5) is 19.1. The van der Waals surface area contributed by atoms with E-state index in [4.69, 9.17) is 0 Å². The molecule has 0 saturated carbocycles. The summed E-state index contributed by atoms with van der Waals surface area (Å²) in [7, 11) is 0. The number of fused-ring (bicyclic) bond motifs is 1. The van der Waals surface area contributed by atoms with Crippen molar-refractivity contribution in [2.75, 3.05) is 6.54 Å². The van der Waals surface area contributed by atoms with Gasteiger partial charge in [-0.05, 0) is 35.4 Å². The van der Waals surface area contributed by atoms with Crippen molar-refractivity contribution in [3.05, 3.63) is 58.6 Å². The number of amides is 1. The fourth-order valence-corrected chi connectivity index (χ4v) is 3.92. The Morgan fingerprint density at radius 2 is 2.33 bits per heavy atom. The molecule has 124 valence electrons. The van der Waals surface area contributed by atoms with Crippen molar-refractivity contribution in [1.82, 2.24) is 24.2 Å². The highest BCUT2D eigenvalue weighted by Gasteiger charge is 2.30. The Balaban J connectivity index is 1.51. The zero-order valence-corrected chi connectivity index (χ0v) is 14.3. The van der Waals surface area contributed by atoms with Gasteiger partial charge in [-0.15, -0.1) is 0 Å². The van der Waals surface area contributed by atoms with E-state index in [1.165, 1.54) is 0 Å². The third-order valence-electron chi connectivity index (χ3n) is 4.51. The van der Waals surface area contributed by atoms with Crippen LogP contribution >= 0.6 is 11.3 Å². The number of imidazole rings is 1. The predicted molar refractivity (Wildman–Crippen MR) is 91.7 cm³/mol. The predicted octanol–water partition coefficient (Wildman–Crippen LogP) is 2.34. The molecule has 7 heteroatoms. The number of carbonyl (C=O) groups is 1. The Kier molecular flexibility index (Phi) is 3.93. The van der Waals surface area contributed by atoms with Gasteiger partial charge >= 0.3 is 0 Å². The standard InChI is InChI=1S/C17H19N5OS/c1-13-17-18-10-15(11-20-5-2-4-19-20)22(17)7-6-21(13)16(23)9-14-3-8-24-12-14/h2-5,8,10,12-13H,6-7,9,11H2,1H3. The Morgan fingerprint density at radius 3 is 3.08 bits per heavy atom. The molecule has 1 amide bonds. The van der Waals surface area contributed by atoms with Crippen LogP contribution in [-0.4, -0.2) is 36.7 Å². The third kappa shape index (κ3) is 2.75. The second-order valence-corrected chi connectivity index (χ2v) is 6.81. The van der Waals surface area contributed by atoms with E-state index in [1.807, 2.05) is 44.9 Å². The van der Waals surface area contributed by atoms with E-state index in [9.17, 15) is 4.79 Å². The summed E-state index contributed by atoms with van der Waals surface area (Å²) < 4.78 is 4.11. The normalized spacial score (nSPS) is 17.0. The molecule has 0 radical (unpaired) electrons. The van der Waals surface area contributed by atoms with Crippen LogP contribution in [0.4, 0.5) is 0 Å². The first-order chi connectivity index (χ1) is 11.7. The monoisotopic (exact) mass is 341 g/mol. The van der Waals surface area contributed by atoms with Gasteiger partial charge in [-0.2, -0.15) is 16.4 Å². The summed E-state index contributed by atoms with van der Waals surface area (Å²) in [5.41, 5.74) is 2.22. The van der Waals surface area contributed by atoms with Crippen LogP contribution in [0.3, 0.4) is 0 Å². The van der Waals surface area contributed by atoms with Gasteiger partial charge in [-0.1, -0.05) is 0 Å². The van der Waals surface area contributed by atoms with Crippen molar-refractivity contribution in [1.29, 1.82) is 0 Å². The lowest BCUT2D eigenvalue weighted by Crippen LogP contribution is -2.42. The maximum atomic E-state index is 12.6. The third-order valence-corrected chi connectivity index (χ3v) is 5.25. The van der Waals surface area contributed by atoms with Gasteiger partial charge in [0.05, 0.1) is 30.9 Å². The summed E-state index contributed by atoms with van der Waals surface area (Å²) in [6.07, 6.45) is 6.10. The first-order valence-corrected chi connectivity index (χ1v) is 8.99. The second-order valence-electron chi connectivity index (χ2n) is 6.03. The zero-order chi connectivity index (χ0) is 16.5. The summed E-state index contributed by atoms with van der Waals surface area (Å²) in [6.45, 7) is 4.27. The highest BCUT2D eigenvalue weighted by Crippen LogP contribution is 2.26. The van der Waals surface area contributed by atoms with Crippen LogP contribution in [0.1, 0.15) is 30.0 Å². The number of nitrogens with zero attached hydrogens (tertiary/aromatic N) is 5. The van der Waals surface area contributed by atoms with Crippen LogP contribution in [0, 0.1) is 0 Å². The molecule has 4 heterocycles. The molecule has 1 aliphatic rings. The van der Waals surface area contributed by atoms with Crippen molar-refractivity contribution in [3.63, 3.8) is 0 Å². The lowest BCUT2D eigenvalue weighted by molar-refractivity contribution is -0.133. The maximum Gasteiger partial charge on any atom is 0.227 e. The average Bonchev–Trinajstić information content (AvgIpc) is 3.31. The van der Waals surface area contributed by atoms with Gasteiger partial charge in [-0.3, -0.25) is 9.48 Å². The number of carbonyl (C=O) groups excluding carboxylic acids is 1.